The van der Waals surface area contributed by atoms with Crippen LogP contribution in [-0.2, 0) is 4.79 Å². The number of nitrogens with one attached hydrogen (secondary N) is 1. The van der Waals surface area contributed by atoms with E-state index in [0.717, 1.165) is 0 Å². The quantitative estimate of drug-likeness (QED) is 0.873. The Morgan fingerprint density at radius 3 is 2.95 bits per heavy atom. The van der Waals surface area contributed by atoms with Crippen molar-refractivity contribution in [1.29, 1.82) is 0 Å². The van der Waals surface area contributed by atoms with Crippen LogP contribution in [0.1, 0.15) is 16.8 Å². The van der Waals surface area contributed by atoms with E-state index in [1.807, 2.05) is 0 Å². The predicted octanol–water partition coefficient (Wildman–Crippen LogP) is 1.06. The number of rotatable bonds is 3. The molecule has 2 N–H and O–H groups in total. The Morgan fingerprint density at radius 1 is 1.55 bits per heavy atom. The summed E-state index contributed by atoms with van der Waals surface area (Å²) >= 11 is 0. The van der Waals surface area contributed by atoms with Crippen LogP contribution in [0.15, 0.2) is 18.2 Å². The molecule has 6 nitrogen and oxygen atoms in total. The molecule has 7 heteroatoms. The lowest BCUT2D eigenvalue weighted by molar-refractivity contribution is -0.130. The maximum atomic E-state index is 15.0. The fourth-order valence-corrected chi connectivity index (χ4v) is 3.17. The normalized spacial score (nSPS) is 27.6. The highest BCUT2D eigenvalue weighted by Crippen LogP contribution is 2.42. The van der Waals surface area contributed by atoms with Crippen LogP contribution in [0.2, 0.25) is 0 Å². The lowest BCUT2D eigenvalue weighted by Gasteiger charge is -2.29. The topological polar surface area (TPSA) is 78.9 Å². The SMILES string of the molecule is COc1cc(C(=O)O)ccc1N1C[C@@H]2CNCC[C@]2(F)C1=O. The van der Waals surface area contributed by atoms with Gasteiger partial charge >= 0.3 is 5.97 Å². The Hall–Kier alpha value is -2.15. The third kappa shape index (κ3) is 2.12. The molecule has 3 rings (SSSR count). The smallest absolute Gasteiger partial charge is 0.335 e. The zero-order valence-electron chi connectivity index (χ0n) is 12.1. The van der Waals surface area contributed by atoms with Crippen LogP contribution in [0.3, 0.4) is 0 Å². The van der Waals surface area contributed by atoms with E-state index in [0.29, 0.717) is 18.8 Å². The number of halogens is 1. The summed E-state index contributed by atoms with van der Waals surface area (Å²) in [6.07, 6.45) is 0.155. The number of anilines is 1. The monoisotopic (exact) mass is 308 g/mol. The number of hydrogen-bond acceptors (Lipinski definition) is 4. The molecule has 2 aliphatic rings. The summed E-state index contributed by atoms with van der Waals surface area (Å²) in [5.41, 5.74) is -1.38. The summed E-state index contributed by atoms with van der Waals surface area (Å²) in [6.45, 7) is 1.18. The molecule has 0 aliphatic carbocycles. The van der Waals surface area contributed by atoms with Crippen molar-refractivity contribution >= 4 is 17.6 Å². The number of piperidine rings is 1. The number of carbonyl (C=O) groups excluding carboxylic acids is 1. The first-order chi connectivity index (χ1) is 10.5. The van der Waals surface area contributed by atoms with E-state index in [9.17, 15) is 14.0 Å². The van der Waals surface area contributed by atoms with Crippen molar-refractivity contribution in [3.05, 3.63) is 23.8 Å². The van der Waals surface area contributed by atoms with Gasteiger partial charge in [-0.2, -0.15) is 0 Å². The zero-order valence-corrected chi connectivity index (χ0v) is 12.1. The van der Waals surface area contributed by atoms with Crippen LogP contribution in [0.4, 0.5) is 10.1 Å². The Labute approximate surface area is 126 Å². The van der Waals surface area contributed by atoms with Crippen molar-refractivity contribution in [2.45, 2.75) is 12.1 Å². The second-order valence-electron chi connectivity index (χ2n) is 5.62. The maximum Gasteiger partial charge on any atom is 0.335 e. The minimum Gasteiger partial charge on any atom is -0.495 e. The minimum absolute atomic E-state index is 0.0568. The molecule has 0 unspecified atom stereocenters. The third-order valence-electron chi connectivity index (χ3n) is 4.42. The van der Waals surface area contributed by atoms with Crippen molar-refractivity contribution in [3.8, 4) is 5.75 Å². The van der Waals surface area contributed by atoms with Crippen molar-refractivity contribution in [3.63, 3.8) is 0 Å². The molecular weight excluding hydrogens is 291 g/mol. The largest absolute Gasteiger partial charge is 0.495 e. The highest BCUT2D eigenvalue weighted by Gasteiger charge is 2.56. The number of carboxylic acid groups (broad SMARTS) is 1. The molecule has 22 heavy (non-hydrogen) atoms. The fraction of sp³-hybridized carbons (Fsp3) is 0.467. The van der Waals surface area contributed by atoms with Crippen LogP contribution < -0.4 is 15.0 Å². The van der Waals surface area contributed by atoms with Crippen LogP contribution in [0, 0.1) is 5.92 Å². The van der Waals surface area contributed by atoms with E-state index >= 15 is 0 Å². The highest BCUT2D eigenvalue weighted by molar-refractivity contribution is 6.04. The molecule has 0 radical (unpaired) electrons. The molecule has 0 bridgehead atoms. The third-order valence-corrected chi connectivity index (χ3v) is 4.42. The van der Waals surface area contributed by atoms with Gasteiger partial charge in [-0.15, -0.1) is 0 Å². The summed E-state index contributed by atoms with van der Waals surface area (Å²) in [5.74, 6) is -1.81. The summed E-state index contributed by atoms with van der Waals surface area (Å²) in [7, 11) is 1.39. The minimum atomic E-state index is -1.85. The molecular formula is C15H17FN2O4. The number of alkyl halides is 1. The zero-order chi connectivity index (χ0) is 15.9. The summed E-state index contributed by atoms with van der Waals surface area (Å²) in [6, 6.07) is 4.23. The maximum absolute atomic E-state index is 15.0. The summed E-state index contributed by atoms with van der Waals surface area (Å²) < 4.78 is 20.2. The summed E-state index contributed by atoms with van der Waals surface area (Å²) in [5, 5.41) is 12.1. The van der Waals surface area contributed by atoms with Gasteiger partial charge in [-0.25, -0.2) is 9.18 Å². The van der Waals surface area contributed by atoms with Gasteiger partial charge in [0.15, 0.2) is 5.67 Å². The number of nitrogens with zero attached hydrogens (tertiary/aromatic N) is 1. The summed E-state index contributed by atoms with van der Waals surface area (Å²) in [4.78, 5) is 24.9. The predicted molar refractivity (Wildman–Crippen MR) is 77.1 cm³/mol. The highest BCUT2D eigenvalue weighted by atomic mass is 19.1. The number of ether oxygens (including phenoxy) is 1. The van der Waals surface area contributed by atoms with Crippen molar-refractivity contribution in [2.24, 2.45) is 5.92 Å². The Kier molecular flexibility index (Phi) is 3.52. The van der Waals surface area contributed by atoms with Gasteiger partial charge in [0.2, 0.25) is 0 Å². The van der Waals surface area contributed by atoms with E-state index in [-0.39, 0.29) is 24.3 Å². The molecule has 2 heterocycles. The van der Waals surface area contributed by atoms with Gasteiger partial charge in [0, 0.05) is 25.4 Å². The molecule has 2 fully saturated rings. The lowest BCUT2D eigenvalue weighted by atomic mass is 9.86. The van der Waals surface area contributed by atoms with Crippen LogP contribution in [-0.4, -0.2) is 49.4 Å². The second kappa shape index (κ2) is 5.24. The van der Waals surface area contributed by atoms with Crippen molar-refractivity contribution in [1.82, 2.24) is 5.32 Å². The van der Waals surface area contributed by atoms with Crippen molar-refractivity contribution < 1.29 is 23.8 Å². The number of fused-ring (bicyclic) bond motifs is 1. The van der Waals surface area contributed by atoms with Gasteiger partial charge in [0.25, 0.3) is 5.91 Å². The molecule has 2 atom stereocenters. The van der Waals surface area contributed by atoms with Gasteiger partial charge in [0.05, 0.1) is 18.4 Å². The van der Waals surface area contributed by atoms with Crippen molar-refractivity contribution in [2.75, 3.05) is 31.6 Å². The Morgan fingerprint density at radius 2 is 2.32 bits per heavy atom. The van der Waals surface area contributed by atoms with E-state index < -0.39 is 23.5 Å². The van der Waals surface area contributed by atoms with Crippen LogP contribution in [0.25, 0.3) is 0 Å². The van der Waals surface area contributed by atoms with Gasteiger partial charge in [-0.3, -0.25) is 4.79 Å². The molecule has 118 valence electrons. The number of benzene rings is 1. The molecule has 2 aliphatic heterocycles. The molecule has 0 saturated carbocycles. The van der Waals surface area contributed by atoms with Gasteiger partial charge < -0.3 is 20.1 Å². The van der Waals surface area contributed by atoms with E-state index in [1.165, 1.54) is 30.2 Å². The molecule has 1 aromatic rings. The first kappa shape index (κ1) is 14.8. The average molecular weight is 308 g/mol. The molecule has 0 aromatic heterocycles. The first-order valence-electron chi connectivity index (χ1n) is 7.10. The molecule has 0 spiro atoms. The fourth-order valence-electron chi connectivity index (χ4n) is 3.17. The lowest BCUT2D eigenvalue weighted by Crippen LogP contribution is -2.49. The van der Waals surface area contributed by atoms with Gasteiger partial charge in [-0.1, -0.05) is 0 Å². The standard InChI is InChI=1S/C15H17FN2O4/c1-22-12-6-9(13(19)20)2-3-11(12)18-8-10-7-17-5-4-15(10,16)14(18)21/h2-3,6,10,17H,4-5,7-8H2,1H3,(H,19,20)/t10-,15+/m0/s1. The molecule has 1 amide bonds. The molecule has 2 saturated heterocycles. The van der Waals surface area contributed by atoms with E-state index in [4.69, 9.17) is 9.84 Å². The number of carbonyl (C=O) groups is 2. The first-order valence-corrected chi connectivity index (χ1v) is 7.10. The van der Waals surface area contributed by atoms with E-state index in [2.05, 4.69) is 5.32 Å². The Balaban J connectivity index is 1.98. The van der Waals surface area contributed by atoms with Crippen LogP contribution in [0.5, 0.6) is 5.75 Å². The van der Waals surface area contributed by atoms with Gasteiger partial charge in [0.1, 0.15) is 5.75 Å². The second-order valence-corrected chi connectivity index (χ2v) is 5.62. The number of amides is 1. The van der Waals surface area contributed by atoms with E-state index in [1.54, 1.807) is 0 Å². The van der Waals surface area contributed by atoms with Crippen LogP contribution >= 0.6 is 0 Å². The number of hydrogen-bond donors (Lipinski definition) is 2. The van der Waals surface area contributed by atoms with Gasteiger partial charge in [-0.05, 0) is 24.7 Å². The number of methoxy groups -OCH3 is 1. The Bertz CT molecular complexity index is 636. The average Bonchev–Trinajstić information content (AvgIpc) is 2.78. The molecule has 1 aromatic carbocycles. The number of aromatic carboxylic acids is 1. The number of carboxylic acids is 1.